The Hall–Kier alpha value is -0.570. The van der Waals surface area contributed by atoms with E-state index in [4.69, 9.17) is 4.74 Å². The summed E-state index contributed by atoms with van der Waals surface area (Å²) < 4.78 is 5.41. The SMILES string of the molecule is C[C@@H]1CCCCN1CCCOC(=O)CC1CCCCC1. The molecule has 0 radical (unpaired) electrons. The van der Waals surface area contributed by atoms with Crippen molar-refractivity contribution in [3.05, 3.63) is 0 Å². The molecule has 0 aromatic carbocycles. The summed E-state index contributed by atoms with van der Waals surface area (Å²) in [5.74, 6) is 0.627. The third kappa shape index (κ3) is 5.43. The van der Waals surface area contributed by atoms with Gasteiger partial charge in [0.2, 0.25) is 0 Å². The number of likely N-dealkylation sites (tertiary alicyclic amines) is 1. The van der Waals surface area contributed by atoms with Crippen LogP contribution in [0.15, 0.2) is 0 Å². The summed E-state index contributed by atoms with van der Waals surface area (Å²) in [4.78, 5) is 14.3. The minimum Gasteiger partial charge on any atom is -0.466 e. The summed E-state index contributed by atoms with van der Waals surface area (Å²) in [7, 11) is 0. The summed E-state index contributed by atoms with van der Waals surface area (Å²) >= 11 is 0. The Morgan fingerprint density at radius 3 is 2.60 bits per heavy atom. The molecule has 116 valence electrons. The zero-order chi connectivity index (χ0) is 14.2. The summed E-state index contributed by atoms with van der Waals surface area (Å²) in [6, 6.07) is 0.710. The molecule has 3 nitrogen and oxygen atoms in total. The molecule has 0 N–H and O–H groups in total. The van der Waals surface area contributed by atoms with E-state index >= 15 is 0 Å². The first-order valence-electron chi connectivity index (χ1n) is 8.65. The van der Waals surface area contributed by atoms with Crippen LogP contribution in [0.25, 0.3) is 0 Å². The monoisotopic (exact) mass is 281 g/mol. The normalized spacial score (nSPS) is 25.6. The van der Waals surface area contributed by atoms with Crippen molar-refractivity contribution in [2.75, 3.05) is 19.7 Å². The lowest BCUT2D eigenvalue weighted by Crippen LogP contribution is -2.38. The van der Waals surface area contributed by atoms with Crippen molar-refractivity contribution >= 4 is 5.97 Å². The Morgan fingerprint density at radius 1 is 1.10 bits per heavy atom. The number of nitrogens with zero attached hydrogens (tertiary/aromatic N) is 1. The van der Waals surface area contributed by atoms with Crippen molar-refractivity contribution in [3.8, 4) is 0 Å². The lowest BCUT2D eigenvalue weighted by atomic mass is 9.87. The summed E-state index contributed by atoms with van der Waals surface area (Å²) in [5, 5.41) is 0. The standard InChI is InChI=1S/C17H31NO2/c1-15-8-5-6-11-18(15)12-7-13-20-17(19)14-16-9-3-2-4-10-16/h15-16H,2-14H2,1H3/t15-/m1/s1. The van der Waals surface area contributed by atoms with E-state index in [9.17, 15) is 4.79 Å². The van der Waals surface area contributed by atoms with Crippen LogP contribution in [0, 0.1) is 5.92 Å². The van der Waals surface area contributed by atoms with Gasteiger partial charge in [-0.3, -0.25) is 4.79 Å². The molecule has 20 heavy (non-hydrogen) atoms. The van der Waals surface area contributed by atoms with Gasteiger partial charge in [0.25, 0.3) is 0 Å². The molecular formula is C17H31NO2. The molecule has 0 aromatic heterocycles. The Labute approximate surface area is 124 Å². The highest BCUT2D eigenvalue weighted by Crippen LogP contribution is 2.26. The van der Waals surface area contributed by atoms with Crippen LogP contribution in [0.3, 0.4) is 0 Å². The molecule has 0 amide bonds. The van der Waals surface area contributed by atoms with Crippen LogP contribution in [0.4, 0.5) is 0 Å². The number of hydrogen-bond donors (Lipinski definition) is 0. The number of piperidine rings is 1. The van der Waals surface area contributed by atoms with Crippen LogP contribution in [-0.2, 0) is 9.53 Å². The van der Waals surface area contributed by atoms with E-state index in [1.165, 1.54) is 57.9 Å². The lowest BCUT2D eigenvalue weighted by Gasteiger charge is -2.33. The average Bonchev–Trinajstić information content (AvgIpc) is 2.46. The zero-order valence-electron chi connectivity index (χ0n) is 13.1. The molecule has 2 aliphatic rings. The second kappa shape index (κ2) is 8.66. The fourth-order valence-corrected chi connectivity index (χ4v) is 3.63. The van der Waals surface area contributed by atoms with Gasteiger partial charge in [-0.05, 0) is 51.5 Å². The minimum atomic E-state index is 0.0311. The van der Waals surface area contributed by atoms with Crippen molar-refractivity contribution in [1.29, 1.82) is 0 Å². The Kier molecular flexibility index (Phi) is 6.85. The van der Waals surface area contributed by atoms with Crippen molar-refractivity contribution in [3.63, 3.8) is 0 Å². The average molecular weight is 281 g/mol. The first kappa shape index (κ1) is 15.8. The second-order valence-electron chi connectivity index (χ2n) is 6.66. The van der Waals surface area contributed by atoms with Crippen LogP contribution in [-0.4, -0.2) is 36.6 Å². The molecule has 1 aliphatic heterocycles. The maximum atomic E-state index is 11.8. The number of ether oxygens (including phenoxy) is 1. The molecule has 2 fully saturated rings. The number of carbonyl (C=O) groups is 1. The molecule has 3 heteroatoms. The molecule has 1 heterocycles. The zero-order valence-corrected chi connectivity index (χ0v) is 13.1. The predicted octanol–water partition coefficient (Wildman–Crippen LogP) is 3.76. The van der Waals surface area contributed by atoms with Crippen LogP contribution in [0.5, 0.6) is 0 Å². The minimum absolute atomic E-state index is 0.0311. The summed E-state index contributed by atoms with van der Waals surface area (Å²) in [5.41, 5.74) is 0. The van der Waals surface area contributed by atoms with E-state index in [1.54, 1.807) is 0 Å². The fraction of sp³-hybridized carbons (Fsp3) is 0.941. The smallest absolute Gasteiger partial charge is 0.306 e. The number of hydrogen-bond acceptors (Lipinski definition) is 3. The fourth-order valence-electron chi connectivity index (χ4n) is 3.63. The predicted molar refractivity (Wildman–Crippen MR) is 81.7 cm³/mol. The van der Waals surface area contributed by atoms with Crippen molar-refractivity contribution in [2.24, 2.45) is 5.92 Å². The Balaban J connectivity index is 1.52. The van der Waals surface area contributed by atoms with Gasteiger partial charge < -0.3 is 9.64 Å². The Bertz CT molecular complexity index is 287. The van der Waals surface area contributed by atoms with Crippen LogP contribution < -0.4 is 0 Å². The van der Waals surface area contributed by atoms with Gasteiger partial charge in [0.1, 0.15) is 0 Å². The third-order valence-corrected chi connectivity index (χ3v) is 4.97. The first-order valence-corrected chi connectivity index (χ1v) is 8.65. The third-order valence-electron chi connectivity index (χ3n) is 4.97. The number of rotatable bonds is 6. The van der Waals surface area contributed by atoms with Gasteiger partial charge in [0, 0.05) is 19.0 Å². The largest absolute Gasteiger partial charge is 0.466 e. The highest BCUT2D eigenvalue weighted by Gasteiger charge is 2.19. The molecule has 0 bridgehead atoms. The molecule has 0 spiro atoms. The van der Waals surface area contributed by atoms with Gasteiger partial charge in [0.15, 0.2) is 0 Å². The highest BCUT2D eigenvalue weighted by molar-refractivity contribution is 5.69. The van der Waals surface area contributed by atoms with Crippen molar-refractivity contribution in [1.82, 2.24) is 4.90 Å². The van der Waals surface area contributed by atoms with Crippen molar-refractivity contribution in [2.45, 2.75) is 77.2 Å². The maximum absolute atomic E-state index is 11.8. The molecule has 1 atom stereocenters. The molecule has 0 aromatic rings. The van der Waals surface area contributed by atoms with Gasteiger partial charge in [0.05, 0.1) is 6.61 Å². The van der Waals surface area contributed by atoms with E-state index in [2.05, 4.69) is 11.8 Å². The van der Waals surface area contributed by atoms with E-state index in [0.29, 0.717) is 25.0 Å². The molecule has 0 unspecified atom stereocenters. The Morgan fingerprint density at radius 2 is 1.85 bits per heavy atom. The number of carbonyl (C=O) groups excluding carboxylic acids is 1. The van der Waals surface area contributed by atoms with Crippen LogP contribution in [0.1, 0.15) is 71.1 Å². The van der Waals surface area contributed by atoms with Gasteiger partial charge in [-0.25, -0.2) is 0 Å². The van der Waals surface area contributed by atoms with Gasteiger partial charge >= 0.3 is 5.97 Å². The van der Waals surface area contributed by atoms with Crippen molar-refractivity contribution < 1.29 is 9.53 Å². The summed E-state index contributed by atoms with van der Waals surface area (Å²) in [6.45, 7) is 5.22. The van der Waals surface area contributed by atoms with Crippen LogP contribution >= 0.6 is 0 Å². The second-order valence-corrected chi connectivity index (χ2v) is 6.66. The summed E-state index contributed by atoms with van der Waals surface area (Å²) in [6.07, 6.45) is 12.0. The lowest BCUT2D eigenvalue weighted by molar-refractivity contribution is -0.145. The van der Waals surface area contributed by atoms with E-state index in [0.717, 1.165) is 13.0 Å². The molecular weight excluding hydrogens is 250 g/mol. The van der Waals surface area contributed by atoms with Gasteiger partial charge in [-0.2, -0.15) is 0 Å². The van der Waals surface area contributed by atoms with Crippen LogP contribution in [0.2, 0.25) is 0 Å². The quantitative estimate of drug-likeness (QED) is 0.548. The van der Waals surface area contributed by atoms with E-state index in [-0.39, 0.29) is 5.97 Å². The highest BCUT2D eigenvalue weighted by atomic mass is 16.5. The molecule has 1 saturated carbocycles. The molecule has 1 aliphatic carbocycles. The van der Waals surface area contributed by atoms with Gasteiger partial charge in [-0.15, -0.1) is 0 Å². The molecule has 1 saturated heterocycles. The van der Waals surface area contributed by atoms with Gasteiger partial charge in [-0.1, -0.05) is 25.7 Å². The molecule has 2 rings (SSSR count). The maximum Gasteiger partial charge on any atom is 0.306 e. The number of esters is 1. The van der Waals surface area contributed by atoms with E-state index < -0.39 is 0 Å². The first-order chi connectivity index (χ1) is 9.75. The van der Waals surface area contributed by atoms with E-state index in [1.807, 2.05) is 0 Å². The topological polar surface area (TPSA) is 29.5 Å².